The van der Waals surface area contributed by atoms with Gasteiger partial charge in [-0.3, -0.25) is 0 Å². The molecule has 0 saturated carbocycles. The van der Waals surface area contributed by atoms with Gasteiger partial charge in [0, 0.05) is 0 Å². The summed E-state index contributed by atoms with van der Waals surface area (Å²) in [6.45, 7) is -0.830. The summed E-state index contributed by atoms with van der Waals surface area (Å²) in [5, 5.41) is 35.7. The summed E-state index contributed by atoms with van der Waals surface area (Å²) in [5.41, 5.74) is 0. The van der Waals surface area contributed by atoms with Crippen LogP contribution >= 0.6 is 0 Å². The molecule has 0 unspecified atom stereocenters. The van der Waals surface area contributed by atoms with Gasteiger partial charge in [0.05, 0.1) is 0 Å². The molecule has 0 heterocycles. The summed E-state index contributed by atoms with van der Waals surface area (Å²) in [6.07, 6.45) is -7.07. The summed E-state index contributed by atoms with van der Waals surface area (Å²) in [4.78, 5) is 10.3. The van der Waals surface area contributed by atoms with E-state index in [0.29, 0.717) is 0 Å². The van der Waals surface area contributed by atoms with Gasteiger partial charge in [-0.15, -0.1) is 0 Å². The topological polar surface area (TPSA) is 145 Å². The number of rotatable bonds is 7. The molecule has 0 saturated heterocycles. The maximum atomic E-state index is 10.3. The molecule has 0 aliphatic heterocycles. The van der Waals surface area contributed by atoms with Crippen LogP contribution in [0.2, 0.25) is 0 Å². The van der Waals surface area contributed by atoms with Crippen molar-refractivity contribution in [2.75, 3.05) is 6.61 Å². The number of hydrogen-bond donors (Lipinski definition) is 5. The number of hydrogen-bond acceptors (Lipinski definition) is 7. The third-order valence-electron chi connectivity index (χ3n) is 1.60. The van der Waals surface area contributed by atoms with Crippen LogP contribution in [0, 0.1) is 0 Å². The van der Waals surface area contributed by atoms with E-state index >= 15 is 0 Å². The van der Waals surface area contributed by atoms with E-state index in [1.54, 1.807) is 0 Å². The SMILES string of the molecule is O=C[C@@H](O[Te](=O)O)[C@@H](O)[C@H](O)[C@H](O)CO. The molecule has 8 nitrogen and oxygen atoms in total. The summed E-state index contributed by atoms with van der Waals surface area (Å²) < 4.78 is 22.9. The third kappa shape index (κ3) is 5.05. The van der Waals surface area contributed by atoms with Gasteiger partial charge in [0.15, 0.2) is 0 Å². The molecule has 0 aliphatic rings. The Hall–Kier alpha value is 0.0196. The van der Waals surface area contributed by atoms with Gasteiger partial charge in [0.25, 0.3) is 0 Å². The Morgan fingerprint density at radius 2 is 1.80 bits per heavy atom. The Morgan fingerprint density at radius 1 is 1.27 bits per heavy atom. The van der Waals surface area contributed by atoms with Crippen LogP contribution in [0.15, 0.2) is 0 Å². The number of aldehydes is 1. The number of aliphatic hydroxyl groups excluding tert-OH is 4. The average molecular weight is 340 g/mol. The fourth-order valence-corrected chi connectivity index (χ4v) is 1.78. The van der Waals surface area contributed by atoms with Crippen molar-refractivity contribution >= 4 is 26.6 Å². The number of carbonyl (C=O) groups is 1. The molecule has 0 aliphatic carbocycles. The third-order valence-corrected chi connectivity index (χ3v) is 2.70. The van der Waals surface area contributed by atoms with Gasteiger partial charge in [-0.2, -0.15) is 0 Å². The monoisotopic (exact) mass is 342 g/mol. The van der Waals surface area contributed by atoms with Gasteiger partial charge in [-0.1, -0.05) is 0 Å². The van der Waals surface area contributed by atoms with E-state index in [4.69, 9.17) is 18.8 Å². The molecule has 0 aromatic rings. The summed E-state index contributed by atoms with van der Waals surface area (Å²) in [6, 6.07) is 0. The minimum atomic E-state index is -4.06. The molecular formula is C6H12O8Te. The average Bonchev–Trinajstić information content (AvgIpc) is 2.22. The molecular weight excluding hydrogens is 328 g/mol. The number of aliphatic hydroxyl groups is 4. The molecule has 0 aromatic carbocycles. The molecule has 90 valence electrons. The zero-order valence-corrected chi connectivity index (χ0v) is 9.79. The van der Waals surface area contributed by atoms with Crippen LogP contribution in [0.25, 0.3) is 0 Å². The molecule has 0 spiro atoms. The first-order valence-electron chi connectivity index (χ1n) is 3.82. The minimum absolute atomic E-state index is 0.0277. The van der Waals surface area contributed by atoms with Crippen molar-refractivity contribution in [3.8, 4) is 0 Å². The predicted octanol–water partition coefficient (Wildman–Crippen LogP) is -3.95. The summed E-state index contributed by atoms with van der Waals surface area (Å²) >= 11 is -4.06. The van der Waals surface area contributed by atoms with Gasteiger partial charge < -0.3 is 0 Å². The zero-order chi connectivity index (χ0) is 12.0. The van der Waals surface area contributed by atoms with E-state index in [9.17, 15) is 13.0 Å². The second-order valence-electron chi connectivity index (χ2n) is 2.65. The normalized spacial score (nSPS) is 19.6. The second kappa shape index (κ2) is 7.32. The van der Waals surface area contributed by atoms with Crippen LogP contribution < -0.4 is 0 Å². The molecule has 5 N–H and O–H groups in total. The van der Waals surface area contributed by atoms with Gasteiger partial charge >= 0.3 is 92.6 Å². The van der Waals surface area contributed by atoms with Crippen molar-refractivity contribution in [3.05, 3.63) is 0 Å². The van der Waals surface area contributed by atoms with Gasteiger partial charge in [0.2, 0.25) is 0 Å². The molecule has 9 heteroatoms. The Balaban J connectivity index is 4.42. The Labute approximate surface area is 92.8 Å². The Morgan fingerprint density at radius 3 is 2.13 bits per heavy atom. The molecule has 0 fully saturated rings. The Kier molecular flexibility index (Phi) is 7.33. The van der Waals surface area contributed by atoms with Gasteiger partial charge in [-0.25, -0.2) is 0 Å². The second-order valence-corrected chi connectivity index (χ2v) is 4.43. The molecule has 0 aromatic heterocycles. The van der Waals surface area contributed by atoms with Crippen LogP contribution in [0.3, 0.4) is 0 Å². The van der Waals surface area contributed by atoms with E-state index in [1.807, 2.05) is 0 Å². The standard InChI is InChI=1S/C6H12O8Te/c7-1-3(9)5(10)6(11)4(2-8)14-15(12)13/h2-7,9-11H,1H2,(H,12,13)/t3-,4-,5-,6-/m1/s1. The van der Waals surface area contributed by atoms with Crippen molar-refractivity contribution in [3.63, 3.8) is 0 Å². The summed E-state index contributed by atoms with van der Waals surface area (Å²) in [7, 11) is 0. The van der Waals surface area contributed by atoms with Crippen molar-refractivity contribution in [1.29, 1.82) is 0 Å². The fourth-order valence-electron chi connectivity index (χ4n) is 0.785. The first-order chi connectivity index (χ1) is 6.93. The van der Waals surface area contributed by atoms with Crippen LogP contribution in [-0.2, 0) is 11.0 Å². The summed E-state index contributed by atoms with van der Waals surface area (Å²) in [5.74, 6) is 0. The van der Waals surface area contributed by atoms with E-state index < -0.39 is 51.4 Å². The van der Waals surface area contributed by atoms with E-state index in [-0.39, 0.29) is 6.29 Å². The van der Waals surface area contributed by atoms with Crippen molar-refractivity contribution < 1.29 is 34.9 Å². The molecule has 0 radical (unpaired) electrons. The van der Waals surface area contributed by atoms with E-state index in [1.165, 1.54) is 0 Å². The first-order valence-corrected chi connectivity index (χ1v) is 6.76. The molecule has 0 bridgehead atoms. The van der Waals surface area contributed by atoms with E-state index in [2.05, 4.69) is 3.10 Å². The molecule has 0 amide bonds. The first kappa shape index (κ1) is 15.0. The predicted molar refractivity (Wildman–Crippen MR) is 44.7 cm³/mol. The van der Waals surface area contributed by atoms with Crippen LogP contribution in [0.4, 0.5) is 0 Å². The van der Waals surface area contributed by atoms with Crippen LogP contribution in [0.5, 0.6) is 0 Å². The maximum absolute atomic E-state index is 10.3. The number of carbonyl (C=O) groups excluding carboxylic acids is 1. The van der Waals surface area contributed by atoms with Gasteiger partial charge in [0.1, 0.15) is 0 Å². The molecule has 0 rings (SSSR count). The van der Waals surface area contributed by atoms with Gasteiger partial charge in [-0.05, 0) is 0 Å². The van der Waals surface area contributed by atoms with E-state index in [0.717, 1.165) is 0 Å². The van der Waals surface area contributed by atoms with Crippen molar-refractivity contribution in [2.24, 2.45) is 0 Å². The van der Waals surface area contributed by atoms with Crippen LogP contribution in [-0.4, -0.2) is 81.6 Å². The molecule has 4 atom stereocenters. The molecule has 15 heavy (non-hydrogen) atoms. The van der Waals surface area contributed by atoms with Crippen molar-refractivity contribution in [1.82, 2.24) is 0 Å². The quantitative estimate of drug-likeness (QED) is 0.233. The zero-order valence-electron chi connectivity index (χ0n) is 7.46. The Bertz CT molecular complexity index is 221. The van der Waals surface area contributed by atoms with Crippen LogP contribution in [0.1, 0.15) is 0 Å². The fraction of sp³-hybridized carbons (Fsp3) is 0.833. The van der Waals surface area contributed by atoms with Crippen molar-refractivity contribution in [2.45, 2.75) is 24.4 Å².